The van der Waals surface area contributed by atoms with Crippen LogP contribution in [-0.2, 0) is 0 Å². The van der Waals surface area contributed by atoms with E-state index in [1.807, 2.05) is 0 Å². The van der Waals surface area contributed by atoms with Gasteiger partial charge in [0, 0.05) is 4.47 Å². The van der Waals surface area contributed by atoms with Gasteiger partial charge in [-0.3, -0.25) is 4.79 Å². The zero-order chi connectivity index (χ0) is 16.4. The summed E-state index contributed by atoms with van der Waals surface area (Å²) in [4.78, 5) is 12.3. The molecule has 1 amide bonds. The maximum atomic E-state index is 13.9. The van der Waals surface area contributed by atoms with Crippen molar-refractivity contribution in [3.8, 4) is 5.69 Å². The summed E-state index contributed by atoms with van der Waals surface area (Å²) in [5, 5.41) is 13.5. The van der Waals surface area contributed by atoms with Crippen LogP contribution in [0, 0.1) is 5.82 Å². The molecule has 1 N–H and O–H groups in total. The number of nitrogens with one attached hydrogen (secondary N) is 1. The van der Waals surface area contributed by atoms with Gasteiger partial charge in [-0.25, -0.2) is 9.07 Å². The Labute approximate surface area is 143 Å². The molecular formula is C14H8BrClFN5O. The van der Waals surface area contributed by atoms with Gasteiger partial charge in [0.15, 0.2) is 0 Å². The van der Waals surface area contributed by atoms with E-state index in [9.17, 15) is 9.18 Å². The van der Waals surface area contributed by atoms with Crippen LogP contribution >= 0.6 is 27.5 Å². The highest BCUT2D eigenvalue weighted by Crippen LogP contribution is 2.24. The summed E-state index contributed by atoms with van der Waals surface area (Å²) in [6, 6.07) is 8.95. The molecule has 6 nitrogen and oxygen atoms in total. The normalized spacial score (nSPS) is 10.6. The fourth-order valence-corrected chi connectivity index (χ4v) is 2.65. The summed E-state index contributed by atoms with van der Waals surface area (Å²) in [7, 11) is 0. The van der Waals surface area contributed by atoms with E-state index in [1.54, 1.807) is 18.2 Å². The summed E-state index contributed by atoms with van der Waals surface area (Å²) in [5.74, 6) is -1.10. The Kier molecular flexibility index (Phi) is 4.35. The molecule has 1 heterocycles. The first-order valence-corrected chi connectivity index (χ1v) is 7.51. The van der Waals surface area contributed by atoms with Crippen LogP contribution < -0.4 is 5.32 Å². The molecule has 3 aromatic rings. The Hall–Kier alpha value is -2.32. The van der Waals surface area contributed by atoms with Crippen LogP contribution in [0.2, 0.25) is 5.02 Å². The second-order valence-corrected chi connectivity index (χ2v) is 5.82. The molecule has 0 saturated heterocycles. The van der Waals surface area contributed by atoms with Gasteiger partial charge in [0.05, 0.1) is 22.0 Å². The van der Waals surface area contributed by atoms with Crippen LogP contribution in [0.15, 0.2) is 47.2 Å². The number of nitrogens with zero attached hydrogens (tertiary/aromatic N) is 4. The van der Waals surface area contributed by atoms with Crippen molar-refractivity contribution in [1.29, 1.82) is 0 Å². The van der Waals surface area contributed by atoms with Crippen LogP contribution in [0.25, 0.3) is 5.69 Å². The Morgan fingerprint density at radius 2 is 2.09 bits per heavy atom. The van der Waals surface area contributed by atoms with Crippen molar-refractivity contribution in [2.75, 3.05) is 5.32 Å². The summed E-state index contributed by atoms with van der Waals surface area (Å²) < 4.78 is 16.0. The van der Waals surface area contributed by atoms with E-state index >= 15 is 0 Å². The van der Waals surface area contributed by atoms with E-state index in [0.717, 1.165) is 4.47 Å². The van der Waals surface area contributed by atoms with E-state index < -0.39 is 11.7 Å². The van der Waals surface area contributed by atoms with Gasteiger partial charge in [0.25, 0.3) is 5.91 Å². The van der Waals surface area contributed by atoms with Gasteiger partial charge in [0.1, 0.15) is 12.1 Å². The minimum atomic E-state index is -0.580. The minimum Gasteiger partial charge on any atom is -0.319 e. The molecule has 0 saturated carbocycles. The zero-order valence-corrected chi connectivity index (χ0v) is 13.7. The van der Waals surface area contributed by atoms with Crippen molar-refractivity contribution in [2.45, 2.75) is 0 Å². The first-order valence-electron chi connectivity index (χ1n) is 6.34. The minimum absolute atomic E-state index is 0.00184. The molecule has 0 atom stereocenters. The molecule has 2 aromatic carbocycles. The summed E-state index contributed by atoms with van der Waals surface area (Å²) in [5.41, 5.74) is 0.748. The molecule has 0 spiro atoms. The average Bonchev–Trinajstić information content (AvgIpc) is 3.03. The average molecular weight is 397 g/mol. The molecule has 0 aliphatic rings. The van der Waals surface area contributed by atoms with Crippen molar-refractivity contribution >= 4 is 39.1 Å². The van der Waals surface area contributed by atoms with Crippen LogP contribution in [0.5, 0.6) is 0 Å². The molecule has 9 heteroatoms. The van der Waals surface area contributed by atoms with E-state index in [0.29, 0.717) is 5.69 Å². The summed E-state index contributed by atoms with van der Waals surface area (Å²) in [6.45, 7) is 0. The predicted octanol–water partition coefficient (Wildman–Crippen LogP) is 3.47. The maximum absolute atomic E-state index is 13.9. The maximum Gasteiger partial charge on any atom is 0.257 e. The fraction of sp³-hybridized carbons (Fsp3) is 0. The highest BCUT2D eigenvalue weighted by Gasteiger charge is 2.14. The Morgan fingerprint density at radius 1 is 1.26 bits per heavy atom. The molecule has 0 radical (unpaired) electrons. The number of hydrogen-bond acceptors (Lipinski definition) is 4. The smallest absolute Gasteiger partial charge is 0.257 e. The van der Waals surface area contributed by atoms with Crippen molar-refractivity contribution in [3.63, 3.8) is 0 Å². The van der Waals surface area contributed by atoms with Crippen LogP contribution in [0.4, 0.5) is 10.1 Å². The number of carbonyl (C=O) groups is 1. The van der Waals surface area contributed by atoms with Crippen molar-refractivity contribution < 1.29 is 9.18 Å². The van der Waals surface area contributed by atoms with Gasteiger partial charge in [0.2, 0.25) is 0 Å². The van der Waals surface area contributed by atoms with Gasteiger partial charge in [-0.2, -0.15) is 0 Å². The summed E-state index contributed by atoms with van der Waals surface area (Å²) >= 11 is 9.29. The number of halogens is 3. The number of hydrogen-bond donors (Lipinski definition) is 1. The molecule has 0 bridgehead atoms. The fourth-order valence-electron chi connectivity index (χ4n) is 1.89. The molecule has 0 fully saturated rings. The van der Waals surface area contributed by atoms with Gasteiger partial charge < -0.3 is 5.32 Å². The SMILES string of the molecule is O=C(Nc1cc(-n2cnnn2)ccc1F)c1ccc(Br)cc1Cl. The number of carbonyl (C=O) groups excluding carboxylic acids is 1. The van der Waals surface area contributed by atoms with Crippen molar-refractivity contribution in [1.82, 2.24) is 20.2 Å². The highest BCUT2D eigenvalue weighted by atomic mass is 79.9. The van der Waals surface area contributed by atoms with E-state index in [-0.39, 0.29) is 16.3 Å². The van der Waals surface area contributed by atoms with Crippen molar-refractivity contribution in [3.05, 3.63) is 63.6 Å². The first kappa shape index (κ1) is 15.6. The number of benzene rings is 2. The lowest BCUT2D eigenvalue weighted by Gasteiger charge is -2.09. The summed E-state index contributed by atoms with van der Waals surface area (Å²) in [6.07, 6.45) is 1.37. The van der Waals surface area contributed by atoms with Crippen LogP contribution in [0.3, 0.4) is 0 Å². The molecule has 23 heavy (non-hydrogen) atoms. The monoisotopic (exact) mass is 395 g/mol. The second-order valence-electron chi connectivity index (χ2n) is 4.50. The van der Waals surface area contributed by atoms with Crippen LogP contribution in [0.1, 0.15) is 10.4 Å². The quantitative estimate of drug-likeness (QED) is 0.736. The number of rotatable bonds is 3. The third-order valence-corrected chi connectivity index (χ3v) is 3.79. The molecule has 116 valence electrons. The zero-order valence-electron chi connectivity index (χ0n) is 11.4. The van der Waals surface area contributed by atoms with E-state index in [2.05, 4.69) is 36.8 Å². The Bertz CT molecular complexity index is 872. The van der Waals surface area contributed by atoms with Gasteiger partial charge in [-0.1, -0.05) is 27.5 Å². The number of anilines is 1. The molecule has 0 aliphatic carbocycles. The molecule has 0 aliphatic heterocycles. The lowest BCUT2D eigenvalue weighted by Crippen LogP contribution is -2.14. The molecule has 3 rings (SSSR count). The molecular weight excluding hydrogens is 389 g/mol. The lowest BCUT2D eigenvalue weighted by molar-refractivity contribution is 0.102. The molecule has 1 aromatic heterocycles. The van der Waals surface area contributed by atoms with E-state index in [4.69, 9.17) is 11.6 Å². The topological polar surface area (TPSA) is 72.7 Å². The van der Waals surface area contributed by atoms with E-state index in [1.165, 1.54) is 29.2 Å². The first-order chi connectivity index (χ1) is 11.0. The van der Waals surface area contributed by atoms with Crippen molar-refractivity contribution in [2.24, 2.45) is 0 Å². The standard InChI is InChI=1S/C14H8BrClFN5O/c15-8-1-3-10(11(16)5-8)14(23)19-13-6-9(2-4-12(13)17)22-7-18-20-21-22/h1-7H,(H,19,23). The number of tetrazole rings is 1. The van der Waals surface area contributed by atoms with Crippen LogP contribution in [-0.4, -0.2) is 26.1 Å². The number of amides is 1. The largest absolute Gasteiger partial charge is 0.319 e. The third kappa shape index (κ3) is 3.38. The number of aromatic nitrogens is 4. The predicted molar refractivity (Wildman–Crippen MR) is 86.2 cm³/mol. The Morgan fingerprint density at radius 3 is 2.78 bits per heavy atom. The molecule has 0 unspecified atom stereocenters. The lowest BCUT2D eigenvalue weighted by atomic mass is 10.2. The van der Waals surface area contributed by atoms with Gasteiger partial charge in [-0.05, 0) is 46.8 Å². The van der Waals surface area contributed by atoms with Gasteiger partial charge in [-0.15, -0.1) is 5.10 Å². The highest BCUT2D eigenvalue weighted by molar-refractivity contribution is 9.10. The third-order valence-electron chi connectivity index (χ3n) is 2.99. The van der Waals surface area contributed by atoms with Gasteiger partial charge >= 0.3 is 0 Å². The second kappa shape index (κ2) is 6.43. The Balaban J connectivity index is 1.90.